The Balaban J connectivity index is 1.62. The topological polar surface area (TPSA) is 50.8 Å². The minimum Gasteiger partial charge on any atom is -0.359 e. The molecule has 0 atom stereocenters. The van der Waals surface area contributed by atoms with Crippen molar-refractivity contribution in [2.24, 2.45) is 0 Å². The van der Waals surface area contributed by atoms with E-state index in [-0.39, 0.29) is 17.7 Å². The molecule has 1 aliphatic carbocycles. The number of aryl methyl sites for hydroxylation is 2. The number of anilines is 1. The Morgan fingerprint density at radius 1 is 1.14 bits per heavy atom. The molecule has 1 spiro atoms. The highest BCUT2D eigenvalue weighted by molar-refractivity contribution is 5.82. The van der Waals surface area contributed by atoms with E-state index in [0.29, 0.717) is 25.8 Å². The normalized spacial score (nSPS) is 19.3. The third-order valence-electron chi connectivity index (χ3n) is 6.45. The molecule has 2 aliphatic rings. The molecule has 1 aromatic rings. The second kappa shape index (κ2) is 9.27. The Bertz CT molecular complexity index is 656. The maximum Gasteiger partial charge on any atom is 0.239 e. The molecule has 1 amide bonds. The Labute approximate surface area is 169 Å². The van der Waals surface area contributed by atoms with E-state index >= 15 is 0 Å². The number of hydrogen-bond donors (Lipinski definition) is 1. The van der Waals surface area contributed by atoms with Gasteiger partial charge in [-0.3, -0.25) is 4.79 Å². The number of carbonyl (C=O) groups is 1. The summed E-state index contributed by atoms with van der Waals surface area (Å²) in [7, 11) is 0. The molecule has 1 saturated carbocycles. The number of carbonyl (C=O) groups excluding carboxylic acids is 1. The van der Waals surface area contributed by atoms with Gasteiger partial charge in [0.2, 0.25) is 5.91 Å². The van der Waals surface area contributed by atoms with Crippen LogP contribution in [0, 0.1) is 13.8 Å². The van der Waals surface area contributed by atoms with Crippen LogP contribution in [0.3, 0.4) is 0 Å². The average molecular weight is 389 g/mol. The molecule has 1 N–H and O–H groups in total. The van der Waals surface area contributed by atoms with E-state index < -0.39 is 0 Å². The molecule has 5 nitrogen and oxygen atoms in total. The van der Waals surface area contributed by atoms with Crippen molar-refractivity contribution in [3.8, 4) is 0 Å². The van der Waals surface area contributed by atoms with Crippen molar-refractivity contribution in [3.63, 3.8) is 0 Å². The maximum absolute atomic E-state index is 12.9. The Hall–Kier alpha value is -1.59. The summed E-state index contributed by atoms with van der Waals surface area (Å²) >= 11 is 0. The minimum absolute atomic E-state index is 0.110. The number of rotatable bonds is 7. The highest BCUT2D eigenvalue weighted by Crippen LogP contribution is 2.35. The fourth-order valence-electron chi connectivity index (χ4n) is 4.48. The van der Waals surface area contributed by atoms with E-state index in [2.05, 4.69) is 56.1 Å². The van der Waals surface area contributed by atoms with E-state index in [1.54, 1.807) is 0 Å². The van der Waals surface area contributed by atoms with Crippen molar-refractivity contribution in [3.05, 3.63) is 29.3 Å². The van der Waals surface area contributed by atoms with Crippen LogP contribution >= 0.6 is 0 Å². The highest BCUT2D eigenvalue weighted by atomic mass is 16.7. The summed E-state index contributed by atoms with van der Waals surface area (Å²) in [6, 6.07) is 7.09. The van der Waals surface area contributed by atoms with E-state index in [1.165, 1.54) is 11.1 Å². The molecular weight excluding hydrogens is 352 g/mol. The van der Waals surface area contributed by atoms with Crippen molar-refractivity contribution in [2.45, 2.75) is 84.1 Å². The van der Waals surface area contributed by atoms with E-state index in [0.717, 1.165) is 44.2 Å². The molecule has 28 heavy (non-hydrogen) atoms. The first-order valence-corrected chi connectivity index (χ1v) is 10.9. The zero-order valence-electron chi connectivity index (χ0n) is 17.9. The van der Waals surface area contributed by atoms with Crippen molar-refractivity contribution in [1.82, 2.24) is 5.32 Å². The van der Waals surface area contributed by atoms with Gasteiger partial charge < -0.3 is 19.7 Å². The van der Waals surface area contributed by atoms with E-state index in [4.69, 9.17) is 9.47 Å². The molecule has 1 heterocycles. The van der Waals surface area contributed by atoms with Crippen LogP contribution in [0.5, 0.6) is 0 Å². The summed E-state index contributed by atoms with van der Waals surface area (Å²) in [5, 5.41) is 3.26. The number of amides is 1. The van der Waals surface area contributed by atoms with Crippen molar-refractivity contribution in [1.29, 1.82) is 0 Å². The molecule has 156 valence electrons. The Morgan fingerprint density at radius 3 is 2.36 bits per heavy atom. The van der Waals surface area contributed by atoms with Crippen LogP contribution in [-0.2, 0) is 14.3 Å². The molecule has 3 rings (SSSR count). The predicted molar refractivity (Wildman–Crippen MR) is 113 cm³/mol. The predicted octanol–water partition coefficient (Wildman–Crippen LogP) is 4.10. The first-order chi connectivity index (χ1) is 13.5. The maximum atomic E-state index is 12.9. The first-order valence-electron chi connectivity index (χ1n) is 10.9. The molecule has 1 aliphatic heterocycles. The first kappa shape index (κ1) is 21.1. The third kappa shape index (κ3) is 4.87. The van der Waals surface area contributed by atoms with Gasteiger partial charge >= 0.3 is 0 Å². The zero-order valence-corrected chi connectivity index (χ0v) is 17.9. The number of hydrogen-bond acceptors (Lipinski definition) is 4. The monoisotopic (exact) mass is 388 g/mol. The standard InChI is InChI=1S/C23H36N2O3/c1-5-20(6-2)25(21-8-7-17(3)18(4)15-21)16-22(26)24-19-9-11-23(12-10-19)27-13-14-28-23/h7-8,15,19-20H,5-6,9-14,16H2,1-4H3,(H,24,26). The van der Waals surface area contributed by atoms with Crippen LogP contribution < -0.4 is 10.2 Å². The molecule has 0 radical (unpaired) electrons. The number of nitrogens with zero attached hydrogens (tertiary/aromatic N) is 1. The zero-order chi connectivity index (χ0) is 20.1. The van der Waals surface area contributed by atoms with Crippen LogP contribution in [0.2, 0.25) is 0 Å². The molecule has 0 unspecified atom stereocenters. The van der Waals surface area contributed by atoms with Crippen LogP contribution in [-0.4, -0.2) is 43.5 Å². The van der Waals surface area contributed by atoms with Crippen LogP contribution in [0.4, 0.5) is 5.69 Å². The summed E-state index contributed by atoms with van der Waals surface area (Å²) < 4.78 is 11.6. The highest BCUT2D eigenvalue weighted by Gasteiger charge is 2.40. The van der Waals surface area contributed by atoms with Crippen LogP contribution in [0.15, 0.2) is 18.2 Å². The van der Waals surface area contributed by atoms with Crippen molar-refractivity contribution in [2.75, 3.05) is 24.7 Å². The summed E-state index contributed by atoms with van der Waals surface area (Å²) in [4.78, 5) is 15.2. The van der Waals surface area contributed by atoms with Gasteiger partial charge in [0.1, 0.15) is 0 Å². The molecule has 0 aromatic heterocycles. The lowest BCUT2D eigenvalue weighted by atomic mass is 9.90. The second-order valence-electron chi connectivity index (χ2n) is 8.32. The lowest BCUT2D eigenvalue weighted by Crippen LogP contribution is -2.48. The molecule has 1 aromatic carbocycles. The van der Waals surface area contributed by atoms with Gasteiger partial charge in [0.15, 0.2) is 5.79 Å². The van der Waals surface area contributed by atoms with Crippen LogP contribution in [0.1, 0.15) is 63.5 Å². The van der Waals surface area contributed by atoms with Gasteiger partial charge in [0.25, 0.3) is 0 Å². The van der Waals surface area contributed by atoms with Gasteiger partial charge in [-0.05, 0) is 62.8 Å². The lowest BCUT2D eigenvalue weighted by molar-refractivity contribution is -0.180. The van der Waals surface area contributed by atoms with Gasteiger partial charge in [0, 0.05) is 30.6 Å². The second-order valence-corrected chi connectivity index (χ2v) is 8.32. The van der Waals surface area contributed by atoms with Crippen molar-refractivity contribution < 1.29 is 14.3 Å². The minimum atomic E-state index is -0.373. The van der Waals surface area contributed by atoms with Gasteiger partial charge in [-0.25, -0.2) is 0 Å². The lowest BCUT2D eigenvalue weighted by Gasteiger charge is -2.36. The molecule has 1 saturated heterocycles. The summed E-state index contributed by atoms with van der Waals surface area (Å²) in [5.41, 5.74) is 3.69. The molecule has 0 bridgehead atoms. The molecular formula is C23H36N2O3. The Morgan fingerprint density at radius 2 is 1.79 bits per heavy atom. The van der Waals surface area contributed by atoms with E-state index in [1.807, 2.05) is 0 Å². The summed E-state index contributed by atoms with van der Waals surface area (Å²) in [6.45, 7) is 10.4. The SMILES string of the molecule is CCC(CC)N(CC(=O)NC1CCC2(CC1)OCCO2)c1ccc(C)c(C)c1. The largest absolute Gasteiger partial charge is 0.359 e. The van der Waals surface area contributed by atoms with Crippen LogP contribution in [0.25, 0.3) is 0 Å². The van der Waals surface area contributed by atoms with Crippen molar-refractivity contribution >= 4 is 11.6 Å². The number of benzene rings is 1. The van der Waals surface area contributed by atoms with Gasteiger partial charge in [0.05, 0.1) is 19.8 Å². The quantitative estimate of drug-likeness (QED) is 0.764. The van der Waals surface area contributed by atoms with Gasteiger partial charge in [-0.1, -0.05) is 19.9 Å². The van der Waals surface area contributed by atoms with E-state index in [9.17, 15) is 4.79 Å². The van der Waals surface area contributed by atoms with Gasteiger partial charge in [-0.2, -0.15) is 0 Å². The molecule has 2 fully saturated rings. The number of ether oxygens (including phenoxy) is 2. The Kier molecular flexibility index (Phi) is 7.00. The number of nitrogens with one attached hydrogen (secondary N) is 1. The summed E-state index contributed by atoms with van der Waals surface area (Å²) in [6.07, 6.45) is 5.62. The third-order valence-corrected chi connectivity index (χ3v) is 6.45. The fourth-order valence-corrected chi connectivity index (χ4v) is 4.48. The van der Waals surface area contributed by atoms with Gasteiger partial charge in [-0.15, -0.1) is 0 Å². The smallest absolute Gasteiger partial charge is 0.239 e. The summed E-state index contributed by atoms with van der Waals surface area (Å²) in [5.74, 6) is -0.262. The average Bonchev–Trinajstić information content (AvgIpc) is 3.14. The fraction of sp³-hybridized carbons (Fsp3) is 0.696. The molecule has 5 heteroatoms.